The molecule has 1 heteroatoms. The van der Waals surface area contributed by atoms with Gasteiger partial charge in [-0.15, -0.1) is 0 Å². The molecule has 0 aliphatic carbocycles. The van der Waals surface area contributed by atoms with E-state index in [2.05, 4.69) is 62.4 Å². The quantitative estimate of drug-likeness (QED) is 0.859. The van der Waals surface area contributed by atoms with Crippen LogP contribution in [0.4, 0.5) is 0 Å². The first-order valence-electron chi connectivity index (χ1n) is 6.53. The maximum atomic E-state index is 6.22. The smallest absolute Gasteiger partial charge is 0.0298 e. The molecule has 0 aromatic heterocycles. The molecule has 94 valence electrons. The third-order valence-electron chi connectivity index (χ3n) is 3.37. The lowest BCUT2D eigenvalue weighted by Gasteiger charge is -2.12. The van der Waals surface area contributed by atoms with E-state index in [0.29, 0.717) is 0 Å². The first kappa shape index (κ1) is 12.8. The minimum Gasteiger partial charge on any atom is -0.324 e. The van der Waals surface area contributed by atoms with E-state index >= 15 is 0 Å². The summed E-state index contributed by atoms with van der Waals surface area (Å²) in [4.78, 5) is 0. The number of hydrogen-bond donors (Lipinski definition) is 1. The van der Waals surface area contributed by atoms with Gasteiger partial charge < -0.3 is 5.73 Å². The van der Waals surface area contributed by atoms with Crippen LogP contribution in [-0.2, 0) is 6.42 Å². The van der Waals surface area contributed by atoms with E-state index < -0.39 is 0 Å². The van der Waals surface area contributed by atoms with Crippen molar-refractivity contribution in [2.75, 3.05) is 0 Å². The van der Waals surface area contributed by atoms with Crippen molar-refractivity contribution in [2.45, 2.75) is 32.7 Å². The van der Waals surface area contributed by atoms with E-state index in [4.69, 9.17) is 5.73 Å². The Kier molecular flexibility index (Phi) is 4.16. The average Bonchev–Trinajstić information content (AvgIpc) is 2.38. The summed E-state index contributed by atoms with van der Waals surface area (Å²) in [5.74, 6) is 0. The molecule has 0 amide bonds. The van der Waals surface area contributed by atoms with E-state index in [1.165, 1.54) is 22.3 Å². The van der Waals surface area contributed by atoms with Gasteiger partial charge in [-0.05, 0) is 37.8 Å². The van der Waals surface area contributed by atoms with E-state index in [1.807, 2.05) is 0 Å². The molecule has 1 atom stereocenters. The predicted octanol–water partition coefficient (Wildman–Crippen LogP) is 3.94. The normalized spacial score (nSPS) is 12.4. The zero-order chi connectivity index (χ0) is 13.0. The zero-order valence-corrected chi connectivity index (χ0v) is 11.2. The third-order valence-corrected chi connectivity index (χ3v) is 3.37. The molecule has 0 bridgehead atoms. The van der Waals surface area contributed by atoms with Crippen molar-refractivity contribution < 1.29 is 0 Å². The van der Waals surface area contributed by atoms with Crippen LogP contribution in [0.2, 0.25) is 0 Å². The second kappa shape index (κ2) is 5.83. The molecular formula is C17H21N. The summed E-state index contributed by atoms with van der Waals surface area (Å²) >= 11 is 0. The van der Waals surface area contributed by atoms with E-state index in [0.717, 1.165) is 12.8 Å². The maximum absolute atomic E-state index is 6.22. The highest BCUT2D eigenvalue weighted by Crippen LogP contribution is 2.17. The lowest BCUT2D eigenvalue weighted by molar-refractivity contribution is 0.651. The van der Waals surface area contributed by atoms with Gasteiger partial charge in [0, 0.05) is 6.04 Å². The number of aryl methyl sites for hydroxylation is 3. The molecule has 0 heterocycles. The van der Waals surface area contributed by atoms with Gasteiger partial charge in [-0.2, -0.15) is 0 Å². The summed E-state index contributed by atoms with van der Waals surface area (Å²) in [5.41, 5.74) is 11.4. The molecule has 2 rings (SSSR count). The monoisotopic (exact) mass is 239 g/mol. The second-order valence-electron chi connectivity index (χ2n) is 5.04. The highest BCUT2D eigenvalue weighted by Gasteiger charge is 2.05. The van der Waals surface area contributed by atoms with Gasteiger partial charge in [-0.25, -0.2) is 0 Å². The molecule has 0 aliphatic heterocycles. The molecule has 0 fully saturated rings. The first-order valence-corrected chi connectivity index (χ1v) is 6.53. The van der Waals surface area contributed by atoms with Gasteiger partial charge in [0.25, 0.3) is 0 Å². The molecule has 1 nitrogen and oxygen atoms in total. The van der Waals surface area contributed by atoms with Crippen LogP contribution in [0.15, 0.2) is 48.5 Å². The molecule has 2 aromatic rings. The second-order valence-corrected chi connectivity index (χ2v) is 5.04. The Labute approximate surface area is 110 Å². The molecule has 0 saturated heterocycles. The van der Waals surface area contributed by atoms with Crippen LogP contribution in [0.1, 0.15) is 34.7 Å². The van der Waals surface area contributed by atoms with Crippen LogP contribution in [0, 0.1) is 13.8 Å². The van der Waals surface area contributed by atoms with Crippen molar-refractivity contribution in [3.8, 4) is 0 Å². The number of nitrogens with two attached hydrogens (primary N) is 1. The van der Waals surface area contributed by atoms with Gasteiger partial charge in [0.2, 0.25) is 0 Å². The standard InChI is InChI=1S/C17H21N/c1-13-3-7-15(8-4-13)9-12-17(18)16-10-5-14(2)6-11-16/h3-8,10-11,17H,9,12,18H2,1-2H3. The van der Waals surface area contributed by atoms with Gasteiger partial charge in [-0.1, -0.05) is 59.7 Å². The average molecular weight is 239 g/mol. The van der Waals surface area contributed by atoms with Crippen LogP contribution in [0.5, 0.6) is 0 Å². The van der Waals surface area contributed by atoms with Gasteiger partial charge in [0.05, 0.1) is 0 Å². The maximum Gasteiger partial charge on any atom is 0.0298 e. The van der Waals surface area contributed by atoms with Crippen molar-refractivity contribution in [3.05, 3.63) is 70.8 Å². The summed E-state index contributed by atoms with van der Waals surface area (Å²) < 4.78 is 0. The van der Waals surface area contributed by atoms with Crippen LogP contribution in [-0.4, -0.2) is 0 Å². The Balaban J connectivity index is 1.93. The van der Waals surface area contributed by atoms with E-state index in [-0.39, 0.29) is 6.04 Å². The molecular weight excluding hydrogens is 218 g/mol. The molecule has 1 unspecified atom stereocenters. The fourth-order valence-electron chi connectivity index (χ4n) is 2.06. The molecule has 2 aromatic carbocycles. The summed E-state index contributed by atoms with van der Waals surface area (Å²) in [5, 5.41) is 0. The van der Waals surface area contributed by atoms with Crippen molar-refractivity contribution in [1.29, 1.82) is 0 Å². The number of hydrogen-bond acceptors (Lipinski definition) is 1. The molecule has 0 radical (unpaired) electrons. The van der Waals surface area contributed by atoms with Crippen LogP contribution < -0.4 is 5.73 Å². The Morgan fingerprint density at radius 3 is 1.89 bits per heavy atom. The molecule has 0 saturated carbocycles. The van der Waals surface area contributed by atoms with Gasteiger partial charge in [-0.3, -0.25) is 0 Å². The van der Waals surface area contributed by atoms with Crippen molar-refractivity contribution in [1.82, 2.24) is 0 Å². The van der Waals surface area contributed by atoms with Gasteiger partial charge in [0.1, 0.15) is 0 Å². The summed E-state index contributed by atoms with van der Waals surface area (Å²) in [6, 6.07) is 17.4. The lowest BCUT2D eigenvalue weighted by atomic mass is 9.98. The molecule has 0 aliphatic rings. The van der Waals surface area contributed by atoms with Crippen LogP contribution >= 0.6 is 0 Å². The molecule has 18 heavy (non-hydrogen) atoms. The minimum absolute atomic E-state index is 0.131. The highest BCUT2D eigenvalue weighted by atomic mass is 14.6. The Bertz CT molecular complexity index is 482. The summed E-state index contributed by atoms with van der Waals surface area (Å²) in [6.07, 6.45) is 2.03. The largest absolute Gasteiger partial charge is 0.324 e. The minimum atomic E-state index is 0.131. The van der Waals surface area contributed by atoms with E-state index in [1.54, 1.807) is 0 Å². The molecule has 0 spiro atoms. The Morgan fingerprint density at radius 1 is 0.833 bits per heavy atom. The highest BCUT2D eigenvalue weighted by molar-refractivity contribution is 5.25. The van der Waals surface area contributed by atoms with Crippen LogP contribution in [0.3, 0.4) is 0 Å². The summed E-state index contributed by atoms with van der Waals surface area (Å²) in [6.45, 7) is 4.21. The predicted molar refractivity (Wildman–Crippen MR) is 77.6 cm³/mol. The number of benzene rings is 2. The lowest BCUT2D eigenvalue weighted by Crippen LogP contribution is -2.11. The van der Waals surface area contributed by atoms with Crippen molar-refractivity contribution in [3.63, 3.8) is 0 Å². The SMILES string of the molecule is Cc1ccc(CCC(N)c2ccc(C)cc2)cc1. The molecule has 2 N–H and O–H groups in total. The van der Waals surface area contributed by atoms with Crippen molar-refractivity contribution >= 4 is 0 Å². The Hall–Kier alpha value is -1.60. The first-order chi connectivity index (χ1) is 8.65. The van der Waals surface area contributed by atoms with E-state index in [9.17, 15) is 0 Å². The van der Waals surface area contributed by atoms with Crippen LogP contribution in [0.25, 0.3) is 0 Å². The zero-order valence-electron chi connectivity index (χ0n) is 11.2. The summed E-state index contributed by atoms with van der Waals surface area (Å²) in [7, 11) is 0. The third kappa shape index (κ3) is 3.44. The van der Waals surface area contributed by atoms with Gasteiger partial charge >= 0.3 is 0 Å². The number of rotatable bonds is 4. The fraction of sp³-hybridized carbons (Fsp3) is 0.294. The topological polar surface area (TPSA) is 26.0 Å². The van der Waals surface area contributed by atoms with Crippen molar-refractivity contribution in [2.24, 2.45) is 5.73 Å². The van der Waals surface area contributed by atoms with Gasteiger partial charge in [0.15, 0.2) is 0 Å². The fourth-order valence-corrected chi connectivity index (χ4v) is 2.06. The Morgan fingerprint density at radius 2 is 1.33 bits per heavy atom.